The van der Waals surface area contributed by atoms with Crippen LogP contribution in [0.4, 0.5) is 0 Å². The lowest BCUT2D eigenvalue weighted by Gasteiger charge is -2.19. The van der Waals surface area contributed by atoms with Crippen LogP contribution in [-0.4, -0.2) is 24.4 Å². The van der Waals surface area contributed by atoms with Crippen molar-refractivity contribution in [2.75, 3.05) is 6.61 Å². The molecule has 0 aromatic rings. The first-order valence-electron chi connectivity index (χ1n) is 4.93. The van der Waals surface area contributed by atoms with Crippen molar-refractivity contribution in [2.24, 2.45) is 0 Å². The highest BCUT2D eigenvalue weighted by molar-refractivity contribution is 6.04. The maximum Gasteiger partial charge on any atom is 0.340 e. The molecule has 0 saturated heterocycles. The lowest BCUT2D eigenvalue weighted by atomic mass is 10.0. The number of ether oxygens (including phenoxy) is 1. The first kappa shape index (κ1) is 11.5. The summed E-state index contributed by atoms with van der Waals surface area (Å²) >= 11 is 0. The number of rotatable bonds is 3. The van der Waals surface area contributed by atoms with Gasteiger partial charge >= 0.3 is 5.97 Å². The lowest BCUT2D eigenvalue weighted by molar-refractivity contribution is -0.138. The van der Waals surface area contributed by atoms with E-state index in [0.717, 1.165) is 0 Å². The Balaban J connectivity index is 2.99. The second kappa shape index (κ2) is 4.77. The molecule has 0 saturated carbocycles. The Morgan fingerprint density at radius 2 is 2.20 bits per heavy atom. The van der Waals surface area contributed by atoms with Crippen LogP contribution in [-0.2, 0) is 14.3 Å². The van der Waals surface area contributed by atoms with E-state index in [1.165, 1.54) is 6.92 Å². The van der Waals surface area contributed by atoms with Crippen LogP contribution in [0.2, 0.25) is 0 Å². The molecule has 1 N–H and O–H groups in total. The lowest BCUT2D eigenvalue weighted by Crippen LogP contribution is -2.32. The average molecular weight is 209 g/mol. The second-order valence-electron chi connectivity index (χ2n) is 3.36. The van der Waals surface area contributed by atoms with Gasteiger partial charge in [0.2, 0.25) is 0 Å². The van der Waals surface area contributed by atoms with Gasteiger partial charge in [-0.2, -0.15) is 0 Å². The zero-order valence-corrected chi connectivity index (χ0v) is 9.16. The van der Waals surface area contributed by atoms with Gasteiger partial charge in [0, 0.05) is 13.0 Å². The van der Waals surface area contributed by atoms with Crippen molar-refractivity contribution < 1.29 is 14.3 Å². The Hall–Kier alpha value is -1.58. The largest absolute Gasteiger partial charge is 0.462 e. The Bertz CT molecular complexity index is 342. The van der Waals surface area contributed by atoms with Gasteiger partial charge < -0.3 is 10.1 Å². The van der Waals surface area contributed by atoms with Gasteiger partial charge in [0.15, 0.2) is 5.78 Å². The monoisotopic (exact) mass is 209 g/mol. The third-order valence-corrected chi connectivity index (χ3v) is 2.04. The summed E-state index contributed by atoms with van der Waals surface area (Å²) in [6.07, 6.45) is 3.45. The van der Waals surface area contributed by atoms with Crippen molar-refractivity contribution >= 4 is 11.8 Å². The first-order valence-corrected chi connectivity index (χ1v) is 4.93. The fraction of sp³-hybridized carbons (Fsp3) is 0.455. The molecule has 4 heteroatoms. The molecule has 1 heterocycles. The molecule has 1 aliphatic heterocycles. The smallest absolute Gasteiger partial charge is 0.340 e. The minimum Gasteiger partial charge on any atom is -0.462 e. The van der Waals surface area contributed by atoms with E-state index in [1.54, 1.807) is 13.0 Å². The molecule has 0 bridgehead atoms. The minimum absolute atomic E-state index is 0.0575. The number of carbonyl (C=O) groups is 2. The summed E-state index contributed by atoms with van der Waals surface area (Å²) in [7, 11) is 0. The van der Waals surface area contributed by atoms with Crippen LogP contribution in [0.25, 0.3) is 0 Å². The van der Waals surface area contributed by atoms with Crippen LogP contribution >= 0.6 is 0 Å². The number of esters is 1. The highest BCUT2D eigenvalue weighted by Crippen LogP contribution is 2.13. The van der Waals surface area contributed by atoms with E-state index in [2.05, 4.69) is 5.32 Å². The fourth-order valence-corrected chi connectivity index (χ4v) is 1.35. The molecule has 1 aliphatic rings. The van der Waals surface area contributed by atoms with Crippen molar-refractivity contribution in [2.45, 2.75) is 26.8 Å². The summed E-state index contributed by atoms with van der Waals surface area (Å²) in [5, 5.41) is 2.95. The molecule has 4 nitrogen and oxygen atoms in total. The van der Waals surface area contributed by atoms with E-state index >= 15 is 0 Å². The number of nitrogens with one attached hydrogen (secondary N) is 1. The number of dihydropyridines is 1. The molecule has 0 aliphatic carbocycles. The zero-order chi connectivity index (χ0) is 11.4. The zero-order valence-electron chi connectivity index (χ0n) is 9.16. The van der Waals surface area contributed by atoms with Crippen LogP contribution in [0.15, 0.2) is 23.4 Å². The Kier molecular flexibility index (Phi) is 3.66. The molecular weight excluding hydrogens is 194 g/mol. The SMILES string of the molecule is CCOC(=O)C1=C(C(C)=O)NC(C)C=C1. The maximum atomic E-state index is 11.5. The van der Waals surface area contributed by atoms with E-state index in [1.807, 2.05) is 13.0 Å². The molecule has 0 aromatic carbocycles. The van der Waals surface area contributed by atoms with Gasteiger partial charge in [-0.05, 0) is 19.9 Å². The quantitative estimate of drug-likeness (QED) is 0.703. The number of ketones is 1. The van der Waals surface area contributed by atoms with E-state index in [4.69, 9.17) is 4.74 Å². The Labute approximate surface area is 89.0 Å². The third-order valence-electron chi connectivity index (χ3n) is 2.04. The Morgan fingerprint density at radius 1 is 1.53 bits per heavy atom. The molecule has 0 aromatic heterocycles. The maximum absolute atomic E-state index is 11.5. The van der Waals surface area contributed by atoms with Crippen LogP contribution < -0.4 is 5.32 Å². The standard InChI is InChI=1S/C11H15NO3/c1-4-15-11(14)9-6-5-7(2)12-10(9)8(3)13/h5-7,12H,4H2,1-3H3. The van der Waals surface area contributed by atoms with E-state index in [9.17, 15) is 9.59 Å². The molecular formula is C11H15NO3. The van der Waals surface area contributed by atoms with Crippen molar-refractivity contribution in [3.8, 4) is 0 Å². The highest BCUT2D eigenvalue weighted by Gasteiger charge is 2.21. The van der Waals surface area contributed by atoms with Crippen molar-refractivity contribution in [1.82, 2.24) is 5.32 Å². The molecule has 0 radical (unpaired) electrons. The molecule has 1 rings (SSSR count). The molecule has 82 valence electrons. The van der Waals surface area contributed by atoms with Gasteiger partial charge in [-0.1, -0.05) is 6.08 Å². The van der Waals surface area contributed by atoms with E-state index in [0.29, 0.717) is 17.9 Å². The molecule has 0 fully saturated rings. The topological polar surface area (TPSA) is 55.4 Å². The predicted octanol–water partition coefficient (Wildman–Crippen LogP) is 0.941. The normalized spacial score (nSPS) is 19.8. The average Bonchev–Trinajstić information content (AvgIpc) is 2.17. The van der Waals surface area contributed by atoms with Crippen LogP contribution in [0.1, 0.15) is 20.8 Å². The van der Waals surface area contributed by atoms with E-state index in [-0.39, 0.29) is 11.8 Å². The van der Waals surface area contributed by atoms with Gasteiger partial charge in [0.05, 0.1) is 17.9 Å². The van der Waals surface area contributed by atoms with Gasteiger partial charge in [-0.15, -0.1) is 0 Å². The number of hydrogen-bond acceptors (Lipinski definition) is 4. The minimum atomic E-state index is -0.460. The van der Waals surface area contributed by atoms with Gasteiger partial charge in [-0.3, -0.25) is 4.79 Å². The van der Waals surface area contributed by atoms with Crippen molar-refractivity contribution in [3.05, 3.63) is 23.4 Å². The fourth-order valence-electron chi connectivity index (χ4n) is 1.35. The van der Waals surface area contributed by atoms with Gasteiger partial charge in [-0.25, -0.2) is 4.79 Å². The van der Waals surface area contributed by atoms with Crippen LogP contribution in [0, 0.1) is 0 Å². The van der Waals surface area contributed by atoms with Crippen LogP contribution in [0.3, 0.4) is 0 Å². The number of hydrogen-bond donors (Lipinski definition) is 1. The van der Waals surface area contributed by atoms with E-state index < -0.39 is 5.97 Å². The first-order chi connectivity index (χ1) is 7.06. The number of carbonyl (C=O) groups excluding carboxylic acids is 2. The van der Waals surface area contributed by atoms with Gasteiger partial charge in [0.25, 0.3) is 0 Å². The second-order valence-corrected chi connectivity index (χ2v) is 3.36. The van der Waals surface area contributed by atoms with Gasteiger partial charge in [0.1, 0.15) is 0 Å². The van der Waals surface area contributed by atoms with Crippen molar-refractivity contribution in [1.29, 1.82) is 0 Å². The Morgan fingerprint density at radius 3 is 2.73 bits per heavy atom. The van der Waals surface area contributed by atoms with Crippen LogP contribution in [0.5, 0.6) is 0 Å². The third kappa shape index (κ3) is 2.68. The molecule has 0 spiro atoms. The number of Topliss-reactive ketones (excluding diaryl/α,β-unsaturated/α-hetero) is 1. The molecule has 1 atom stereocenters. The van der Waals surface area contributed by atoms with Crippen molar-refractivity contribution in [3.63, 3.8) is 0 Å². The summed E-state index contributed by atoms with van der Waals surface area (Å²) in [5.41, 5.74) is 0.644. The summed E-state index contributed by atoms with van der Waals surface area (Å²) in [4.78, 5) is 22.8. The highest BCUT2D eigenvalue weighted by atomic mass is 16.5. The summed E-state index contributed by atoms with van der Waals surface area (Å²) in [6, 6.07) is 0.0575. The number of allylic oxidation sites excluding steroid dienone is 1. The molecule has 1 unspecified atom stereocenters. The molecule has 15 heavy (non-hydrogen) atoms. The summed E-state index contributed by atoms with van der Waals surface area (Å²) in [6.45, 7) is 5.36. The summed E-state index contributed by atoms with van der Waals surface area (Å²) < 4.78 is 4.86. The molecule has 0 amide bonds. The predicted molar refractivity (Wildman–Crippen MR) is 56.1 cm³/mol. The summed E-state index contributed by atoms with van der Waals surface area (Å²) in [5.74, 6) is -0.618.